The summed E-state index contributed by atoms with van der Waals surface area (Å²) < 4.78 is 19.3. The number of nitrogens with one attached hydrogen (secondary N) is 1. The summed E-state index contributed by atoms with van der Waals surface area (Å²) >= 11 is 0. The molecule has 3 heteroatoms. The van der Waals surface area contributed by atoms with Gasteiger partial charge in [0.2, 0.25) is 0 Å². The lowest BCUT2D eigenvalue weighted by Gasteiger charge is -2.32. The molecule has 0 aromatic heterocycles. The first-order valence-corrected chi connectivity index (χ1v) is 7.78. The van der Waals surface area contributed by atoms with E-state index in [0.29, 0.717) is 6.10 Å². The Hall–Kier alpha value is -0.930. The molecule has 2 rings (SSSR count). The summed E-state index contributed by atoms with van der Waals surface area (Å²) in [6.07, 6.45) is 6.52. The molecule has 3 atom stereocenters. The second-order valence-corrected chi connectivity index (χ2v) is 5.80. The van der Waals surface area contributed by atoms with E-state index < -0.39 is 0 Å². The third-order valence-corrected chi connectivity index (χ3v) is 4.30. The number of benzene rings is 1. The molecule has 0 heterocycles. The van der Waals surface area contributed by atoms with Crippen LogP contribution in [-0.2, 0) is 4.74 Å². The molecule has 1 saturated carbocycles. The third-order valence-electron chi connectivity index (χ3n) is 4.30. The third kappa shape index (κ3) is 4.29. The van der Waals surface area contributed by atoms with Crippen LogP contribution in [0.3, 0.4) is 0 Å². The zero-order valence-corrected chi connectivity index (χ0v) is 12.6. The Labute approximate surface area is 121 Å². The summed E-state index contributed by atoms with van der Waals surface area (Å²) in [5, 5.41) is 3.18. The van der Waals surface area contributed by atoms with Gasteiger partial charge >= 0.3 is 0 Å². The van der Waals surface area contributed by atoms with Gasteiger partial charge in [-0.3, -0.25) is 0 Å². The maximum absolute atomic E-state index is 13.0. The Morgan fingerprint density at radius 1 is 1.30 bits per heavy atom. The molecule has 0 radical (unpaired) electrons. The fraction of sp³-hybridized carbons (Fsp3) is 0.647. The van der Waals surface area contributed by atoms with Gasteiger partial charge in [0.05, 0.1) is 12.2 Å². The second kappa shape index (κ2) is 7.75. The van der Waals surface area contributed by atoms with E-state index in [1.807, 2.05) is 19.2 Å². The highest BCUT2D eigenvalue weighted by Crippen LogP contribution is 2.31. The van der Waals surface area contributed by atoms with Crippen molar-refractivity contribution in [3.8, 4) is 0 Å². The van der Waals surface area contributed by atoms with Gasteiger partial charge in [0.15, 0.2) is 0 Å². The Kier molecular flexibility index (Phi) is 5.99. The summed E-state index contributed by atoms with van der Waals surface area (Å²) in [6.45, 7) is 3.02. The first-order valence-electron chi connectivity index (χ1n) is 7.78. The average molecular weight is 279 g/mol. The van der Waals surface area contributed by atoms with Crippen LogP contribution in [0.5, 0.6) is 0 Å². The molecule has 0 saturated heterocycles. The van der Waals surface area contributed by atoms with E-state index in [1.165, 1.54) is 31.4 Å². The number of ether oxygens (including phenoxy) is 1. The van der Waals surface area contributed by atoms with Crippen LogP contribution in [0.15, 0.2) is 24.3 Å². The van der Waals surface area contributed by atoms with E-state index in [0.717, 1.165) is 30.9 Å². The molecule has 112 valence electrons. The molecule has 0 spiro atoms. The molecule has 20 heavy (non-hydrogen) atoms. The molecule has 0 bridgehead atoms. The zero-order chi connectivity index (χ0) is 14.4. The van der Waals surface area contributed by atoms with Crippen molar-refractivity contribution in [2.24, 2.45) is 5.92 Å². The molecule has 0 aliphatic heterocycles. The van der Waals surface area contributed by atoms with Crippen LogP contribution >= 0.6 is 0 Å². The first-order chi connectivity index (χ1) is 9.72. The number of hydrogen-bond donors (Lipinski definition) is 1. The summed E-state index contributed by atoms with van der Waals surface area (Å²) in [6, 6.07) is 6.68. The topological polar surface area (TPSA) is 21.3 Å². The molecular formula is C17H26FNO. The monoisotopic (exact) mass is 279 g/mol. The minimum Gasteiger partial charge on any atom is -0.369 e. The number of hydrogen-bond acceptors (Lipinski definition) is 2. The Bertz CT molecular complexity index is 392. The Morgan fingerprint density at radius 2 is 2.05 bits per heavy atom. The van der Waals surface area contributed by atoms with E-state index in [4.69, 9.17) is 4.74 Å². The Balaban J connectivity index is 1.99. The van der Waals surface area contributed by atoms with Gasteiger partial charge < -0.3 is 10.1 Å². The van der Waals surface area contributed by atoms with Crippen LogP contribution in [0.4, 0.5) is 4.39 Å². The number of rotatable bonds is 6. The molecule has 1 aliphatic rings. The van der Waals surface area contributed by atoms with Crippen molar-refractivity contribution in [1.82, 2.24) is 5.32 Å². The quantitative estimate of drug-likeness (QED) is 0.847. The number of halogens is 1. The Morgan fingerprint density at radius 3 is 2.70 bits per heavy atom. The van der Waals surface area contributed by atoms with Crippen molar-refractivity contribution in [2.45, 2.75) is 51.2 Å². The van der Waals surface area contributed by atoms with E-state index in [1.54, 1.807) is 0 Å². The predicted molar refractivity (Wildman–Crippen MR) is 80.2 cm³/mol. The molecule has 1 N–H and O–H groups in total. The van der Waals surface area contributed by atoms with Crippen molar-refractivity contribution >= 4 is 0 Å². The standard InChI is InChI=1S/C17H26FNO/c1-3-13-5-4-6-16(11-13)20-17(12-19-2)14-7-9-15(18)10-8-14/h7-10,13,16-17,19H,3-6,11-12H2,1-2H3. The van der Waals surface area contributed by atoms with E-state index >= 15 is 0 Å². The predicted octanol–water partition coefficient (Wildman–Crippen LogP) is 4.07. The maximum atomic E-state index is 13.0. The minimum absolute atomic E-state index is 0.0150. The average Bonchev–Trinajstić information content (AvgIpc) is 2.48. The lowest BCUT2D eigenvalue weighted by Crippen LogP contribution is -2.28. The maximum Gasteiger partial charge on any atom is 0.123 e. The minimum atomic E-state index is -0.194. The van der Waals surface area contributed by atoms with Crippen molar-refractivity contribution < 1.29 is 9.13 Å². The van der Waals surface area contributed by atoms with Crippen molar-refractivity contribution in [2.75, 3.05) is 13.6 Å². The van der Waals surface area contributed by atoms with Crippen LogP contribution in [0.1, 0.15) is 50.7 Å². The van der Waals surface area contributed by atoms with Crippen molar-refractivity contribution in [1.29, 1.82) is 0 Å². The van der Waals surface area contributed by atoms with Gasteiger partial charge in [0, 0.05) is 6.54 Å². The van der Waals surface area contributed by atoms with Crippen LogP contribution < -0.4 is 5.32 Å². The van der Waals surface area contributed by atoms with Crippen LogP contribution in [0.25, 0.3) is 0 Å². The van der Waals surface area contributed by atoms with Crippen molar-refractivity contribution in [3.05, 3.63) is 35.6 Å². The fourth-order valence-corrected chi connectivity index (χ4v) is 3.08. The molecular weight excluding hydrogens is 253 g/mol. The van der Waals surface area contributed by atoms with Crippen LogP contribution in [0, 0.1) is 11.7 Å². The van der Waals surface area contributed by atoms with Gasteiger partial charge in [-0.05, 0) is 43.5 Å². The SMILES string of the molecule is CCC1CCCC(OC(CNC)c2ccc(F)cc2)C1. The second-order valence-electron chi connectivity index (χ2n) is 5.80. The first kappa shape index (κ1) is 15.5. The van der Waals surface area contributed by atoms with E-state index in [-0.39, 0.29) is 11.9 Å². The highest BCUT2D eigenvalue weighted by molar-refractivity contribution is 5.19. The van der Waals surface area contributed by atoms with Gasteiger partial charge in [-0.25, -0.2) is 4.39 Å². The van der Waals surface area contributed by atoms with Crippen LogP contribution in [0.2, 0.25) is 0 Å². The molecule has 2 nitrogen and oxygen atoms in total. The van der Waals surface area contributed by atoms with Gasteiger partial charge in [0.25, 0.3) is 0 Å². The lowest BCUT2D eigenvalue weighted by molar-refractivity contribution is -0.0408. The highest BCUT2D eigenvalue weighted by Gasteiger charge is 2.24. The summed E-state index contributed by atoms with van der Waals surface area (Å²) in [5.41, 5.74) is 1.05. The smallest absolute Gasteiger partial charge is 0.123 e. The van der Waals surface area contributed by atoms with E-state index in [2.05, 4.69) is 12.2 Å². The molecule has 0 amide bonds. The van der Waals surface area contributed by atoms with Gasteiger partial charge in [-0.2, -0.15) is 0 Å². The van der Waals surface area contributed by atoms with Gasteiger partial charge in [-0.1, -0.05) is 38.3 Å². The molecule has 3 unspecified atom stereocenters. The van der Waals surface area contributed by atoms with Gasteiger partial charge in [-0.15, -0.1) is 0 Å². The number of likely N-dealkylation sites (N-methyl/N-ethyl adjacent to an activating group) is 1. The lowest BCUT2D eigenvalue weighted by atomic mass is 9.85. The summed E-state index contributed by atoms with van der Waals surface area (Å²) in [4.78, 5) is 0. The molecule has 1 aliphatic carbocycles. The molecule has 1 aromatic rings. The fourth-order valence-electron chi connectivity index (χ4n) is 3.08. The van der Waals surface area contributed by atoms with Crippen molar-refractivity contribution in [3.63, 3.8) is 0 Å². The largest absolute Gasteiger partial charge is 0.369 e. The zero-order valence-electron chi connectivity index (χ0n) is 12.6. The van der Waals surface area contributed by atoms with E-state index in [9.17, 15) is 4.39 Å². The van der Waals surface area contributed by atoms with Gasteiger partial charge in [0.1, 0.15) is 5.82 Å². The summed E-state index contributed by atoms with van der Waals surface area (Å²) in [5.74, 6) is 0.609. The van der Waals surface area contributed by atoms with Crippen LogP contribution in [-0.4, -0.2) is 19.7 Å². The summed E-state index contributed by atoms with van der Waals surface area (Å²) in [7, 11) is 1.93. The molecule has 1 fully saturated rings. The molecule has 1 aromatic carbocycles. The highest BCUT2D eigenvalue weighted by atomic mass is 19.1. The normalized spacial score (nSPS) is 24.6.